The molecule has 0 radical (unpaired) electrons. The largest absolute Gasteiger partial charge is 0.409 e. The Kier molecular flexibility index (Phi) is 6.06. The summed E-state index contributed by atoms with van der Waals surface area (Å²) >= 11 is 0. The van der Waals surface area contributed by atoms with E-state index in [0.29, 0.717) is 13.1 Å². The lowest BCUT2D eigenvalue weighted by molar-refractivity contribution is 0.318. The van der Waals surface area contributed by atoms with Gasteiger partial charge in [0.15, 0.2) is 5.84 Å². The molecule has 0 bridgehead atoms. The van der Waals surface area contributed by atoms with E-state index in [4.69, 9.17) is 10.9 Å². The fourth-order valence-electron chi connectivity index (χ4n) is 1.73. The van der Waals surface area contributed by atoms with Crippen LogP contribution in [-0.2, 0) is 16.8 Å². The first-order valence-electron chi connectivity index (χ1n) is 6.36. The van der Waals surface area contributed by atoms with Gasteiger partial charge in [0.2, 0.25) is 0 Å². The monoisotopic (exact) mass is 318 g/mol. The first-order valence-corrected chi connectivity index (χ1v) is 7.80. The second kappa shape index (κ2) is 7.34. The van der Waals surface area contributed by atoms with Gasteiger partial charge in [-0.25, -0.2) is 4.39 Å². The van der Waals surface area contributed by atoms with Crippen LogP contribution in [-0.4, -0.2) is 36.9 Å². The van der Waals surface area contributed by atoms with E-state index in [1.165, 1.54) is 16.4 Å². The van der Waals surface area contributed by atoms with Gasteiger partial charge in [0.25, 0.3) is 10.2 Å². The number of amidine groups is 1. The number of nitrogens with zero attached hydrogens (tertiary/aromatic N) is 2. The minimum absolute atomic E-state index is 0.167. The zero-order valence-electron chi connectivity index (χ0n) is 11.9. The summed E-state index contributed by atoms with van der Waals surface area (Å²) in [4.78, 5) is 0. The van der Waals surface area contributed by atoms with Crippen LogP contribution in [0.2, 0.25) is 0 Å². The molecule has 0 saturated heterocycles. The average Bonchev–Trinajstić information content (AvgIpc) is 2.46. The molecular weight excluding hydrogens is 299 g/mol. The van der Waals surface area contributed by atoms with Crippen molar-refractivity contribution in [2.45, 2.75) is 20.4 Å². The number of nitrogens with one attached hydrogen (secondary N) is 1. The molecule has 0 aromatic heterocycles. The van der Waals surface area contributed by atoms with Gasteiger partial charge >= 0.3 is 0 Å². The van der Waals surface area contributed by atoms with Crippen LogP contribution >= 0.6 is 0 Å². The second-order valence-corrected chi connectivity index (χ2v) is 5.96. The van der Waals surface area contributed by atoms with Crippen molar-refractivity contribution in [3.63, 3.8) is 0 Å². The van der Waals surface area contributed by atoms with Crippen LogP contribution in [0.5, 0.6) is 0 Å². The highest BCUT2D eigenvalue weighted by atomic mass is 32.2. The summed E-state index contributed by atoms with van der Waals surface area (Å²) in [5.41, 5.74) is 5.73. The Bertz CT molecular complexity index is 615. The molecule has 0 aliphatic rings. The number of hydrogen-bond donors (Lipinski definition) is 3. The maximum Gasteiger partial charge on any atom is 0.279 e. The highest BCUT2D eigenvalue weighted by molar-refractivity contribution is 7.87. The summed E-state index contributed by atoms with van der Waals surface area (Å²) in [6.45, 7) is 3.92. The third-order valence-electron chi connectivity index (χ3n) is 2.95. The van der Waals surface area contributed by atoms with Crippen molar-refractivity contribution < 1.29 is 18.0 Å². The molecular formula is C12H19FN4O3S. The Labute approximate surface area is 123 Å². The predicted molar refractivity (Wildman–Crippen MR) is 77.6 cm³/mol. The molecule has 4 N–H and O–H groups in total. The van der Waals surface area contributed by atoms with Gasteiger partial charge in [-0.3, -0.25) is 0 Å². The van der Waals surface area contributed by atoms with Crippen molar-refractivity contribution in [3.8, 4) is 0 Å². The third kappa shape index (κ3) is 4.38. The van der Waals surface area contributed by atoms with Gasteiger partial charge in [-0.15, -0.1) is 0 Å². The Balaban J connectivity index is 2.86. The van der Waals surface area contributed by atoms with Gasteiger partial charge in [-0.1, -0.05) is 31.1 Å². The molecule has 0 atom stereocenters. The summed E-state index contributed by atoms with van der Waals surface area (Å²) in [6, 6.07) is 3.91. The molecule has 21 heavy (non-hydrogen) atoms. The number of hydrogen-bond acceptors (Lipinski definition) is 4. The maximum atomic E-state index is 13.8. The molecule has 0 aliphatic carbocycles. The molecule has 118 valence electrons. The highest BCUT2D eigenvalue weighted by Gasteiger charge is 2.18. The number of halogens is 1. The molecule has 1 aromatic carbocycles. The standard InChI is InChI=1S/C12H19FN4O3S/c1-3-17(4-2)21(19,20)15-8-10-6-5-9(7-11(10)13)12(14)16-18/h5-7,15,18H,3-4,8H2,1-2H3,(H2,14,16). The molecule has 0 saturated carbocycles. The SMILES string of the molecule is CCN(CC)S(=O)(=O)NCc1ccc(C(N)=NO)cc1F. The lowest BCUT2D eigenvalue weighted by atomic mass is 10.1. The van der Waals surface area contributed by atoms with Gasteiger partial charge in [-0.05, 0) is 6.07 Å². The van der Waals surface area contributed by atoms with Crippen LogP contribution in [0.1, 0.15) is 25.0 Å². The van der Waals surface area contributed by atoms with Crippen LogP contribution < -0.4 is 10.5 Å². The molecule has 0 heterocycles. The van der Waals surface area contributed by atoms with Crippen molar-refractivity contribution in [2.75, 3.05) is 13.1 Å². The molecule has 1 rings (SSSR count). The zero-order valence-corrected chi connectivity index (χ0v) is 12.7. The van der Waals surface area contributed by atoms with Crippen molar-refractivity contribution in [2.24, 2.45) is 10.9 Å². The molecule has 0 unspecified atom stereocenters. The van der Waals surface area contributed by atoms with Gasteiger partial charge in [-0.2, -0.15) is 17.4 Å². The van der Waals surface area contributed by atoms with E-state index < -0.39 is 16.0 Å². The number of rotatable bonds is 7. The first-order chi connectivity index (χ1) is 9.85. The van der Waals surface area contributed by atoms with Crippen molar-refractivity contribution in [1.29, 1.82) is 0 Å². The van der Waals surface area contributed by atoms with Crippen molar-refractivity contribution >= 4 is 16.0 Å². The molecule has 0 amide bonds. The quantitative estimate of drug-likeness (QED) is 0.296. The topological polar surface area (TPSA) is 108 Å². The number of nitrogens with two attached hydrogens (primary N) is 1. The molecule has 0 spiro atoms. The lowest BCUT2D eigenvalue weighted by Crippen LogP contribution is -2.40. The fraction of sp³-hybridized carbons (Fsp3) is 0.417. The minimum Gasteiger partial charge on any atom is -0.409 e. The molecule has 1 aromatic rings. The lowest BCUT2D eigenvalue weighted by Gasteiger charge is -2.19. The van der Waals surface area contributed by atoms with Crippen LogP contribution in [0.15, 0.2) is 23.4 Å². The molecule has 0 aliphatic heterocycles. The van der Waals surface area contributed by atoms with Gasteiger partial charge in [0.05, 0.1) is 0 Å². The van der Waals surface area contributed by atoms with E-state index in [2.05, 4.69) is 9.88 Å². The zero-order chi connectivity index (χ0) is 16.0. The van der Waals surface area contributed by atoms with E-state index in [1.54, 1.807) is 13.8 Å². The van der Waals surface area contributed by atoms with Crippen LogP contribution in [0.3, 0.4) is 0 Å². The summed E-state index contributed by atoms with van der Waals surface area (Å²) in [5, 5.41) is 11.3. The normalized spacial score (nSPS) is 12.9. The fourth-order valence-corrected chi connectivity index (χ4v) is 2.93. The Hall–Kier alpha value is -1.71. The molecule has 0 fully saturated rings. The Morgan fingerprint density at radius 3 is 2.52 bits per heavy atom. The average molecular weight is 318 g/mol. The molecule has 7 nitrogen and oxygen atoms in total. The van der Waals surface area contributed by atoms with E-state index in [9.17, 15) is 12.8 Å². The Morgan fingerprint density at radius 2 is 2.05 bits per heavy atom. The summed E-state index contributed by atoms with van der Waals surface area (Å²) in [6.07, 6.45) is 0. The van der Waals surface area contributed by atoms with Crippen molar-refractivity contribution in [1.82, 2.24) is 9.03 Å². The highest BCUT2D eigenvalue weighted by Crippen LogP contribution is 2.11. The van der Waals surface area contributed by atoms with E-state index in [-0.39, 0.29) is 23.5 Å². The van der Waals surface area contributed by atoms with Crippen LogP contribution in [0, 0.1) is 5.82 Å². The smallest absolute Gasteiger partial charge is 0.279 e. The van der Waals surface area contributed by atoms with E-state index in [0.717, 1.165) is 6.07 Å². The predicted octanol–water partition coefficient (Wildman–Crippen LogP) is 0.596. The maximum absolute atomic E-state index is 13.8. The van der Waals surface area contributed by atoms with Gasteiger partial charge < -0.3 is 10.9 Å². The third-order valence-corrected chi connectivity index (χ3v) is 4.65. The number of oxime groups is 1. The van der Waals surface area contributed by atoms with Gasteiger partial charge in [0, 0.05) is 30.8 Å². The summed E-state index contributed by atoms with van der Waals surface area (Å²) in [5.74, 6) is -0.856. The van der Waals surface area contributed by atoms with E-state index >= 15 is 0 Å². The second-order valence-electron chi connectivity index (χ2n) is 4.20. The van der Waals surface area contributed by atoms with Crippen molar-refractivity contribution in [3.05, 3.63) is 35.1 Å². The Morgan fingerprint density at radius 1 is 1.43 bits per heavy atom. The summed E-state index contributed by atoms with van der Waals surface area (Å²) in [7, 11) is -3.64. The first kappa shape index (κ1) is 17.3. The summed E-state index contributed by atoms with van der Waals surface area (Å²) < 4.78 is 41.2. The number of benzene rings is 1. The van der Waals surface area contributed by atoms with Gasteiger partial charge in [0.1, 0.15) is 5.82 Å². The van der Waals surface area contributed by atoms with Crippen LogP contribution in [0.25, 0.3) is 0 Å². The van der Waals surface area contributed by atoms with Crippen LogP contribution in [0.4, 0.5) is 4.39 Å². The van der Waals surface area contributed by atoms with E-state index in [1.807, 2.05) is 0 Å². The molecule has 9 heteroatoms. The minimum atomic E-state index is -3.64.